The maximum atomic E-state index is 12.9. The van der Waals surface area contributed by atoms with E-state index < -0.39 is 20.3 Å². The van der Waals surface area contributed by atoms with Gasteiger partial charge >= 0.3 is 5.97 Å². The van der Waals surface area contributed by atoms with Crippen LogP contribution in [0.3, 0.4) is 0 Å². The van der Waals surface area contributed by atoms with Crippen molar-refractivity contribution < 1.29 is 23.9 Å². The predicted molar refractivity (Wildman–Crippen MR) is 142 cm³/mol. The third-order valence-electron chi connectivity index (χ3n) is 7.59. The molecule has 34 heavy (non-hydrogen) atoms. The molecule has 1 aliphatic rings. The summed E-state index contributed by atoms with van der Waals surface area (Å²) in [4.78, 5) is 24.1. The highest BCUT2D eigenvalue weighted by molar-refractivity contribution is 6.73. The van der Waals surface area contributed by atoms with Gasteiger partial charge in [0.1, 0.15) is 5.78 Å². The lowest BCUT2D eigenvalue weighted by Gasteiger charge is -2.40. The van der Waals surface area contributed by atoms with Crippen molar-refractivity contribution in [2.75, 3.05) is 7.11 Å². The van der Waals surface area contributed by atoms with E-state index in [1.54, 1.807) is 0 Å². The van der Waals surface area contributed by atoms with Crippen LogP contribution in [0.2, 0.25) is 18.1 Å². The van der Waals surface area contributed by atoms with E-state index in [1.165, 1.54) is 7.11 Å². The Bertz CT molecular complexity index is 661. The monoisotopic (exact) mass is 494 g/mol. The average Bonchev–Trinajstić information content (AvgIpc) is 3.11. The van der Waals surface area contributed by atoms with Gasteiger partial charge in [-0.05, 0) is 63.6 Å². The summed E-state index contributed by atoms with van der Waals surface area (Å²) < 4.78 is 11.6. The molecule has 0 saturated heterocycles. The van der Waals surface area contributed by atoms with Crippen LogP contribution in [0.25, 0.3) is 0 Å². The molecule has 6 heteroatoms. The molecule has 0 spiro atoms. The first-order chi connectivity index (χ1) is 16.2. The summed E-state index contributed by atoms with van der Waals surface area (Å²) in [6.45, 7) is 11.2. The number of unbranched alkanes of at least 4 members (excludes halogenated alkanes) is 2. The van der Waals surface area contributed by atoms with Crippen molar-refractivity contribution in [2.24, 2.45) is 11.8 Å². The van der Waals surface area contributed by atoms with E-state index in [-0.39, 0.29) is 23.3 Å². The zero-order valence-electron chi connectivity index (χ0n) is 22.6. The fourth-order valence-electron chi connectivity index (χ4n) is 4.99. The standard InChI is InChI=1S/C28H50O5Si/c1-7-11-20-28(5,33-34(8-2,9-3)10-4)21-16-18-24-25(29)22-23(27(24)31)17-14-12-13-15-19-26(30)32-6/h12,14,16,18,23-25,29H,7-11,13,15,17,19-22H2,1-6H3/t23-,24-,25+,28?/m1/s1. The number of aliphatic hydroxyl groups excluding tert-OH is 1. The minimum absolute atomic E-state index is 0.135. The molecular weight excluding hydrogens is 444 g/mol. The lowest BCUT2D eigenvalue weighted by Crippen LogP contribution is -2.45. The Balaban J connectivity index is 2.69. The lowest BCUT2D eigenvalue weighted by atomic mass is 9.93. The van der Waals surface area contributed by atoms with Gasteiger partial charge in [-0.25, -0.2) is 0 Å². The molecule has 1 saturated carbocycles. The van der Waals surface area contributed by atoms with E-state index in [9.17, 15) is 14.7 Å². The van der Waals surface area contributed by atoms with Crippen LogP contribution in [-0.4, -0.2) is 44.0 Å². The molecule has 0 aromatic rings. The smallest absolute Gasteiger partial charge is 0.305 e. The number of ether oxygens (including phenoxy) is 1. The van der Waals surface area contributed by atoms with E-state index in [0.717, 1.165) is 56.7 Å². The number of rotatable bonds is 17. The first-order valence-corrected chi connectivity index (χ1v) is 16.0. The Labute approximate surface area is 209 Å². The van der Waals surface area contributed by atoms with Crippen molar-refractivity contribution in [2.45, 2.75) is 122 Å². The SMILES string of the molecule is CCCCC(C)(CC=C[C@H]1C(=O)[C@H](CC=CCCCC(=O)OC)C[C@@H]1O)O[Si](CC)(CC)CC. The summed E-state index contributed by atoms with van der Waals surface area (Å²) in [6, 6.07) is 3.38. The van der Waals surface area contributed by atoms with Crippen LogP contribution in [-0.2, 0) is 18.8 Å². The van der Waals surface area contributed by atoms with Gasteiger partial charge in [-0.15, -0.1) is 0 Å². The summed E-state index contributed by atoms with van der Waals surface area (Å²) in [7, 11) is -0.341. The number of carbonyl (C=O) groups is 2. The van der Waals surface area contributed by atoms with Crippen LogP contribution in [0, 0.1) is 11.8 Å². The van der Waals surface area contributed by atoms with Crippen LogP contribution in [0.1, 0.15) is 92.4 Å². The molecule has 5 nitrogen and oxygen atoms in total. The third-order valence-corrected chi connectivity index (χ3v) is 12.4. The van der Waals surface area contributed by atoms with Crippen molar-refractivity contribution in [1.82, 2.24) is 0 Å². The fraction of sp³-hybridized carbons (Fsp3) is 0.786. The van der Waals surface area contributed by atoms with Gasteiger partial charge in [0.05, 0.1) is 24.7 Å². The second-order valence-electron chi connectivity index (χ2n) is 10.1. The number of carbonyl (C=O) groups excluding carboxylic acids is 2. The van der Waals surface area contributed by atoms with Crippen molar-refractivity contribution in [3.05, 3.63) is 24.3 Å². The second-order valence-corrected chi connectivity index (χ2v) is 14.8. The van der Waals surface area contributed by atoms with Crippen LogP contribution < -0.4 is 0 Å². The molecule has 196 valence electrons. The van der Waals surface area contributed by atoms with E-state index in [4.69, 9.17) is 4.43 Å². The Kier molecular flexibility index (Phi) is 14.2. The molecule has 4 atom stereocenters. The van der Waals surface area contributed by atoms with Gasteiger partial charge in [-0.3, -0.25) is 9.59 Å². The van der Waals surface area contributed by atoms with Gasteiger partial charge in [0.15, 0.2) is 8.32 Å². The Morgan fingerprint density at radius 3 is 2.38 bits per heavy atom. The van der Waals surface area contributed by atoms with Gasteiger partial charge in [0, 0.05) is 12.3 Å². The molecule has 1 fully saturated rings. The largest absolute Gasteiger partial charge is 0.469 e. The molecule has 1 rings (SSSR count). The quantitative estimate of drug-likeness (QED) is 0.105. The number of Topliss-reactive ketones (excluding diaryl/α,β-unsaturated/α-hetero) is 1. The van der Waals surface area contributed by atoms with Gasteiger partial charge in [0.2, 0.25) is 0 Å². The first-order valence-electron chi connectivity index (χ1n) is 13.5. The van der Waals surface area contributed by atoms with Crippen molar-refractivity contribution in [1.29, 1.82) is 0 Å². The normalized spacial score (nSPS) is 23.1. The number of hydrogen-bond donors (Lipinski definition) is 1. The minimum Gasteiger partial charge on any atom is -0.469 e. The van der Waals surface area contributed by atoms with Crippen LogP contribution >= 0.6 is 0 Å². The molecule has 0 aromatic carbocycles. The molecule has 0 amide bonds. The Morgan fingerprint density at radius 2 is 1.79 bits per heavy atom. The summed E-state index contributed by atoms with van der Waals surface area (Å²) in [5, 5.41) is 10.6. The van der Waals surface area contributed by atoms with Gasteiger partial charge in [-0.1, -0.05) is 64.8 Å². The average molecular weight is 495 g/mol. The Morgan fingerprint density at radius 1 is 1.12 bits per heavy atom. The topological polar surface area (TPSA) is 72.8 Å². The van der Waals surface area contributed by atoms with Crippen molar-refractivity contribution in [3.8, 4) is 0 Å². The van der Waals surface area contributed by atoms with Crippen LogP contribution in [0.15, 0.2) is 24.3 Å². The summed E-state index contributed by atoms with van der Waals surface area (Å²) in [5.74, 6) is -0.609. The molecule has 0 bridgehead atoms. The fourth-order valence-corrected chi connectivity index (χ4v) is 8.16. The number of methoxy groups -OCH3 is 1. The lowest BCUT2D eigenvalue weighted by molar-refractivity contribution is -0.140. The summed E-state index contributed by atoms with van der Waals surface area (Å²) in [6.07, 6.45) is 14.6. The van der Waals surface area contributed by atoms with E-state index >= 15 is 0 Å². The van der Waals surface area contributed by atoms with Gasteiger partial charge in [0.25, 0.3) is 0 Å². The van der Waals surface area contributed by atoms with E-state index in [2.05, 4.69) is 45.4 Å². The van der Waals surface area contributed by atoms with Crippen molar-refractivity contribution in [3.63, 3.8) is 0 Å². The Hall–Kier alpha value is -1.24. The predicted octanol–water partition coefficient (Wildman–Crippen LogP) is 6.76. The highest BCUT2D eigenvalue weighted by atomic mass is 28.4. The zero-order chi connectivity index (χ0) is 25.6. The molecule has 0 aliphatic heterocycles. The van der Waals surface area contributed by atoms with E-state index in [0.29, 0.717) is 19.3 Å². The molecule has 1 N–H and O–H groups in total. The summed E-state index contributed by atoms with van der Waals surface area (Å²) >= 11 is 0. The summed E-state index contributed by atoms with van der Waals surface area (Å²) in [5.41, 5.74) is -0.209. The first kappa shape index (κ1) is 30.8. The van der Waals surface area contributed by atoms with Gasteiger partial charge in [-0.2, -0.15) is 0 Å². The molecule has 1 unspecified atom stereocenters. The molecular formula is C28H50O5Si. The minimum atomic E-state index is -1.74. The van der Waals surface area contributed by atoms with E-state index in [1.807, 2.05) is 18.2 Å². The maximum absolute atomic E-state index is 12.9. The molecule has 0 radical (unpaired) electrons. The second kappa shape index (κ2) is 15.7. The molecule has 0 aromatic heterocycles. The van der Waals surface area contributed by atoms with Crippen molar-refractivity contribution >= 4 is 20.1 Å². The molecule has 0 heterocycles. The number of aliphatic hydroxyl groups is 1. The van der Waals surface area contributed by atoms with Crippen LogP contribution in [0.5, 0.6) is 0 Å². The third kappa shape index (κ3) is 9.78. The number of ketones is 1. The highest BCUT2D eigenvalue weighted by Crippen LogP contribution is 2.35. The molecule has 1 aliphatic carbocycles. The van der Waals surface area contributed by atoms with Gasteiger partial charge < -0.3 is 14.3 Å². The zero-order valence-corrected chi connectivity index (χ0v) is 23.6. The number of esters is 1. The van der Waals surface area contributed by atoms with Crippen LogP contribution in [0.4, 0.5) is 0 Å². The maximum Gasteiger partial charge on any atom is 0.305 e. The highest BCUT2D eigenvalue weighted by Gasteiger charge is 2.40. The number of hydrogen-bond acceptors (Lipinski definition) is 5. The number of allylic oxidation sites excluding steroid dienone is 2.